The third kappa shape index (κ3) is 1.79. The number of ketones is 1. The Morgan fingerprint density at radius 2 is 2.00 bits per heavy atom. The first-order chi connectivity index (χ1) is 11.9. The number of hydrogen-bond donors (Lipinski definition) is 1. The average molecular weight is 359 g/mol. The monoisotopic (exact) mass is 359 g/mol. The van der Waals surface area contributed by atoms with Gasteiger partial charge in [-0.1, -0.05) is 24.6 Å². The van der Waals surface area contributed by atoms with Gasteiger partial charge in [-0.2, -0.15) is 0 Å². The Morgan fingerprint density at radius 1 is 1.28 bits per heavy atom. The summed E-state index contributed by atoms with van der Waals surface area (Å²) in [7, 11) is -1.19. The normalized spacial score (nSPS) is 44.9. The highest BCUT2D eigenvalue weighted by Gasteiger charge is 2.80. The highest BCUT2D eigenvalue weighted by atomic mass is 32.2. The van der Waals surface area contributed by atoms with Crippen molar-refractivity contribution in [1.82, 2.24) is 5.32 Å². The lowest BCUT2D eigenvalue weighted by atomic mass is 9.51. The number of esters is 1. The van der Waals surface area contributed by atoms with E-state index in [1.165, 1.54) is 0 Å². The van der Waals surface area contributed by atoms with Crippen LogP contribution in [0.5, 0.6) is 0 Å². The first-order valence-electron chi connectivity index (χ1n) is 8.81. The van der Waals surface area contributed by atoms with E-state index in [4.69, 9.17) is 4.74 Å². The van der Waals surface area contributed by atoms with Crippen LogP contribution in [-0.2, 0) is 25.1 Å². The first kappa shape index (κ1) is 15.7. The van der Waals surface area contributed by atoms with Crippen molar-refractivity contribution < 1.29 is 18.5 Å². The molecule has 3 heterocycles. The van der Waals surface area contributed by atoms with Gasteiger partial charge in [0.05, 0.1) is 22.8 Å². The number of rotatable bonds is 3. The molecule has 0 spiro atoms. The fourth-order valence-corrected chi connectivity index (χ4v) is 7.55. The topological polar surface area (TPSA) is 72.5 Å². The first-order valence-corrected chi connectivity index (χ1v) is 10.1. The average Bonchev–Trinajstić information content (AvgIpc) is 3.09. The fourth-order valence-electron chi connectivity index (χ4n) is 5.90. The minimum atomic E-state index is -1.19. The van der Waals surface area contributed by atoms with Crippen LogP contribution >= 0.6 is 0 Å². The lowest BCUT2D eigenvalue weighted by molar-refractivity contribution is -0.145. The number of nitrogens with one attached hydrogen (secondary N) is 1. The summed E-state index contributed by atoms with van der Waals surface area (Å²) in [6, 6.07) is 7.71. The number of aryl methyl sites for hydroxylation is 1. The SMILES string of the molecule is Cc1ccc([S@](=O)C[C@]23N[C@H]4[C@@H]5OC(=O)[C@@H]4[C@]2(C)CC(=O)C[C@@H]53)cc1. The van der Waals surface area contributed by atoms with Crippen LogP contribution < -0.4 is 5.32 Å². The van der Waals surface area contributed by atoms with Crippen molar-refractivity contribution >= 4 is 22.6 Å². The summed E-state index contributed by atoms with van der Waals surface area (Å²) in [5.41, 5.74) is 0.149. The van der Waals surface area contributed by atoms with Crippen molar-refractivity contribution in [2.75, 3.05) is 5.75 Å². The predicted molar refractivity (Wildman–Crippen MR) is 91.3 cm³/mol. The highest BCUT2D eigenvalue weighted by Crippen LogP contribution is 2.66. The van der Waals surface area contributed by atoms with Crippen molar-refractivity contribution in [2.45, 2.75) is 49.3 Å². The number of benzene rings is 1. The van der Waals surface area contributed by atoms with E-state index in [1.807, 2.05) is 38.1 Å². The molecule has 2 bridgehead atoms. The molecule has 4 fully saturated rings. The molecule has 1 saturated carbocycles. The molecule has 0 aromatic heterocycles. The second-order valence-corrected chi connectivity index (χ2v) is 9.72. The molecule has 0 amide bonds. The Bertz CT molecular complexity index is 821. The molecule has 0 radical (unpaired) electrons. The quantitative estimate of drug-likeness (QED) is 0.825. The molecule has 5 rings (SSSR count). The van der Waals surface area contributed by atoms with Gasteiger partial charge in [0.25, 0.3) is 0 Å². The molecule has 3 saturated heterocycles. The summed E-state index contributed by atoms with van der Waals surface area (Å²) in [6.45, 7) is 4.02. The van der Waals surface area contributed by atoms with Crippen LogP contribution in [0.3, 0.4) is 0 Å². The molecule has 7 atom stereocenters. The van der Waals surface area contributed by atoms with Gasteiger partial charge >= 0.3 is 5.97 Å². The Morgan fingerprint density at radius 3 is 2.72 bits per heavy atom. The van der Waals surface area contributed by atoms with Crippen LogP contribution in [0.2, 0.25) is 0 Å². The van der Waals surface area contributed by atoms with Gasteiger partial charge in [-0.25, -0.2) is 0 Å². The summed E-state index contributed by atoms with van der Waals surface area (Å²) in [4.78, 5) is 25.6. The molecule has 4 aliphatic rings. The maximum Gasteiger partial charge on any atom is 0.311 e. The Hall–Kier alpha value is -1.53. The van der Waals surface area contributed by atoms with E-state index in [1.54, 1.807) is 0 Å². The zero-order chi connectivity index (χ0) is 17.6. The van der Waals surface area contributed by atoms with Crippen molar-refractivity contribution in [1.29, 1.82) is 0 Å². The molecular formula is C19H21NO4S. The molecule has 3 aliphatic heterocycles. The van der Waals surface area contributed by atoms with Crippen molar-refractivity contribution in [3.05, 3.63) is 29.8 Å². The predicted octanol–water partition coefficient (Wildman–Crippen LogP) is 1.35. The Labute approximate surface area is 149 Å². The second-order valence-electron chi connectivity index (χ2n) is 8.27. The number of Topliss-reactive ketones (excluding diaryl/α,β-unsaturated/α-hetero) is 1. The highest BCUT2D eigenvalue weighted by molar-refractivity contribution is 7.85. The molecular weight excluding hydrogens is 338 g/mol. The summed E-state index contributed by atoms with van der Waals surface area (Å²) in [6.07, 6.45) is 0.532. The summed E-state index contributed by atoms with van der Waals surface area (Å²) >= 11 is 0. The molecule has 132 valence electrons. The number of carbonyl (C=O) groups is 2. The Balaban J connectivity index is 1.56. The van der Waals surface area contributed by atoms with E-state index in [-0.39, 0.29) is 35.7 Å². The number of fused-ring (bicyclic) bond motifs is 2. The van der Waals surface area contributed by atoms with Crippen LogP contribution in [0.4, 0.5) is 0 Å². The maximum absolute atomic E-state index is 13.1. The smallest absolute Gasteiger partial charge is 0.311 e. The zero-order valence-corrected chi connectivity index (χ0v) is 15.1. The number of hydrogen-bond acceptors (Lipinski definition) is 5. The molecule has 6 heteroatoms. The van der Waals surface area contributed by atoms with E-state index in [0.29, 0.717) is 18.6 Å². The van der Waals surface area contributed by atoms with Gasteiger partial charge in [0.1, 0.15) is 11.9 Å². The minimum Gasteiger partial charge on any atom is -0.460 e. The van der Waals surface area contributed by atoms with E-state index in [0.717, 1.165) is 10.5 Å². The summed E-state index contributed by atoms with van der Waals surface area (Å²) < 4.78 is 18.8. The second kappa shape index (κ2) is 4.80. The van der Waals surface area contributed by atoms with Crippen molar-refractivity contribution in [3.63, 3.8) is 0 Å². The summed E-state index contributed by atoms with van der Waals surface area (Å²) in [5.74, 6) is 0.0590. The third-order valence-electron chi connectivity index (χ3n) is 7.03. The Kier molecular flexibility index (Phi) is 3.01. The van der Waals surface area contributed by atoms with Gasteiger partial charge in [-0.05, 0) is 19.1 Å². The molecule has 1 aliphatic carbocycles. The zero-order valence-electron chi connectivity index (χ0n) is 14.3. The van der Waals surface area contributed by atoms with Crippen LogP contribution in [0.1, 0.15) is 25.3 Å². The van der Waals surface area contributed by atoms with Crippen LogP contribution in [0, 0.1) is 24.2 Å². The van der Waals surface area contributed by atoms with E-state index < -0.39 is 21.8 Å². The van der Waals surface area contributed by atoms with Gasteiger partial charge in [0.15, 0.2) is 0 Å². The van der Waals surface area contributed by atoms with Crippen molar-refractivity contribution in [2.24, 2.45) is 17.3 Å². The van der Waals surface area contributed by atoms with Gasteiger partial charge < -0.3 is 10.1 Å². The maximum atomic E-state index is 13.1. The summed E-state index contributed by atoms with van der Waals surface area (Å²) in [5, 5.41) is 3.62. The van der Waals surface area contributed by atoms with Crippen molar-refractivity contribution in [3.8, 4) is 0 Å². The van der Waals surface area contributed by atoms with E-state index in [9.17, 15) is 13.8 Å². The lowest BCUT2D eigenvalue weighted by Crippen LogP contribution is -2.63. The van der Waals surface area contributed by atoms with Crippen LogP contribution in [-0.4, -0.2) is 39.4 Å². The number of ether oxygens (including phenoxy) is 1. The van der Waals surface area contributed by atoms with E-state index >= 15 is 0 Å². The molecule has 5 nitrogen and oxygen atoms in total. The molecule has 1 N–H and O–H groups in total. The van der Waals surface area contributed by atoms with Gasteiger partial charge in [-0.15, -0.1) is 0 Å². The standard InChI is InChI=1S/C19H21NO4S/c1-10-3-5-12(6-4-10)25(23)9-19-13-7-11(21)8-18(19,2)14-15(20-19)16(13)24-17(14)22/h3-6,13-16,20H,7-9H2,1-2H3/t13-,14+,15+,16+,18-,19+,25+/m0/s1. The molecule has 25 heavy (non-hydrogen) atoms. The lowest BCUT2D eigenvalue weighted by Gasteiger charge is -2.51. The fraction of sp³-hybridized carbons (Fsp3) is 0.579. The minimum absolute atomic E-state index is 0.0365. The van der Waals surface area contributed by atoms with Crippen LogP contribution in [0.25, 0.3) is 0 Å². The van der Waals surface area contributed by atoms with Crippen LogP contribution in [0.15, 0.2) is 29.2 Å². The third-order valence-corrected chi connectivity index (χ3v) is 8.55. The van der Waals surface area contributed by atoms with Gasteiger partial charge in [0.2, 0.25) is 0 Å². The van der Waals surface area contributed by atoms with Gasteiger partial charge in [-0.3, -0.25) is 13.8 Å². The van der Waals surface area contributed by atoms with E-state index in [2.05, 4.69) is 5.32 Å². The largest absolute Gasteiger partial charge is 0.460 e. The molecule has 0 unspecified atom stereocenters. The molecule has 1 aromatic carbocycles. The number of carbonyl (C=O) groups excluding carboxylic acids is 2. The molecule has 1 aromatic rings. The van der Waals surface area contributed by atoms with Gasteiger partial charge in [0, 0.05) is 40.4 Å².